The van der Waals surface area contributed by atoms with Gasteiger partial charge in [-0.05, 0) is 52.3 Å². The van der Waals surface area contributed by atoms with Crippen molar-refractivity contribution in [3.05, 3.63) is 40.7 Å². The van der Waals surface area contributed by atoms with Gasteiger partial charge in [-0.2, -0.15) is 0 Å². The first kappa shape index (κ1) is 11.7. The van der Waals surface area contributed by atoms with Crippen molar-refractivity contribution >= 4 is 27.7 Å². The fourth-order valence-electron chi connectivity index (χ4n) is 1.24. The molecule has 0 saturated carbocycles. The number of oxazole rings is 1. The zero-order chi connectivity index (χ0) is 11.5. The maximum atomic E-state index is 5.81. The Balaban J connectivity index is 2.23. The van der Waals surface area contributed by atoms with Gasteiger partial charge >= 0.3 is 0 Å². The molecule has 0 aliphatic heterocycles. The Morgan fingerprint density at radius 3 is 2.88 bits per heavy atom. The number of halogens is 1. The van der Waals surface area contributed by atoms with Gasteiger partial charge in [0, 0.05) is 15.4 Å². The quantitative estimate of drug-likeness (QED) is 0.940. The van der Waals surface area contributed by atoms with E-state index >= 15 is 0 Å². The van der Waals surface area contributed by atoms with Crippen molar-refractivity contribution in [2.75, 3.05) is 0 Å². The Hall–Kier alpha value is -0.780. The normalized spacial score (nSPS) is 12.7. The minimum atomic E-state index is 0.0390. The number of nitrogens with two attached hydrogens (primary N) is 1. The van der Waals surface area contributed by atoms with Crippen molar-refractivity contribution in [1.29, 1.82) is 0 Å². The Labute approximate surface area is 107 Å². The topological polar surface area (TPSA) is 52.0 Å². The first-order valence-electron chi connectivity index (χ1n) is 4.79. The smallest absolute Gasteiger partial charge is 0.260 e. The molecular weight excluding hydrogens is 288 g/mol. The minimum Gasteiger partial charge on any atom is -0.440 e. The Kier molecular flexibility index (Phi) is 3.68. The Bertz CT molecular complexity index is 471. The molecule has 1 heterocycles. The van der Waals surface area contributed by atoms with Gasteiger partial charge in [-0.1, -0.05) is 6.07 Å². The monoisotopic (exact) mass is 298 g/mol. The van der Waals surface area contributed by atoms with Crippen LogP contribution in [0.5, 0.6) is 0 Å². The number of rotatable bonds is 3. The third-order valence-electron chi connectivity index (χ3n) is 2.09. The first-order valence-corrected chi connectivity index (χ1v) is 6.40. The van der Waals surface area contributed by atoms with Gasteiger partial charge < -0.3 is 10.2 Å². The summed E-state index contributed by atoms with van der Waals surface area (Å²) in [6, 6.07) is 6.09. The summed E-state index contributed by atoms with van der Waals surface area (Å²) in [6.07, 6.45) is 3.19. The van der Waals surface area contributed by atoms with E-state index in [1.807, 2.05) is 25.1 Å². The summed E-state index contributed by atoms with van der Waals surface area (Å²) in [4.78, 5) is 5.12. The van der Waals surface area contributed by atoms with E-state index in [2.05, 4.69) is 20.9 Å². The average Bonchev–Trinajstić information content (AvgIpc) is 2.73. The number of nitrogens with zero attached hydrogens (tertiary/aromatic N) is 1. The lowest BCUT2D eigenvalue weighted by Crippen LogP contribution is -2.04. The van der Waals surface area contributed by atoms with Gasteiger partial charge in [0.1, 0.15) is 6.26 Å². The van der Waals surface area contributed by atoms with Crippen LogP contribution in [0.4, 0.5) is 0 Å². The molecule has 0 fully saturated rings. The minimum absolute atomic E-state index is 0.0390. The summed E-state index contributed by atoms with van der Waals surface area (Å²) < 4.78 is 6.18. The van der Waals surface area contributed by atoms with Gasteiger partial charge in [0.2, 0.25) is 0 Å². The second-order valence-corrected chi connectivity index (χ2v) is 5.23. The van der Waals surface area contributed by atoms with E-state index in [0.29, 0.717) is 5.22 Å². The molecule has 16 heavy (non-hydrogen) atoms. The van der Waals surface area contributed by atoms with Crippen molar-refractivity contribution < 1.29 is 4.42 Å². The molecule has 1 aromatic heterocycles. The van der Waals surface area contributed by atoms with Gasteiger partial charge in [-0.3, -0.25) is 0 Å². The lowest BCUT2D eigenvalue weighted by atomic mass is 10.1. The lowest BCUT2D eigenvalue weighted by molar-refractivity contribution is 0.454. The maximum absolute atomic E-state index is 5.81. The third-order valence-corrected chi connectivity index (χ3v) is 3.96. The van der Waals surface area contributed by atoms with E-state index in [-0.39, 0.29) is 6.04 Å². The van der Waals surface area contributed by atoms with Gasteiger partial charge in [0.15, 0.2) is 0 Å². The van der Waals surface area contributed by atoms with Crippen LogP contribution in [0, 0.1) is 0 Å². The van der Waals surface area contributed by atoms with Gasteiger partial charge in [-0.15, -0.1) is 0 Å². The molecule has 0 aliphatic rings. The number of benzene rings is 1. The van der Waals surface area contributed by atoms with Gasteiger partial charge in [0.25, 0.3) is 5.22 Å². The molecule has 0 saturated heterocycles. The van der Waals surface area contributed by atoms with Crippen molar-refractivity contribution in [1.82, 2.24) is 4.98 Å². The molecule has 1 atom stereocenters. The standard InChI is InChI=1S/C11H11BrN2OS/c1-7(13)8-2-3-10(9(12)6-8)16-11-14-4-5-15-11/h2-7H,13H2,1H3/t7-/m0/s1. The van der Waals surface area contributed by atoms with Crippen LogP contribution in [-0.2, 0) is 0 Å². The molecule has 0 spiro atoms. The molecule has 0 amide bonds. The molecule has 0 unspecified atom stereocenters. The highest BCUT2D eigenvalue weighted by atomic mass is 79.9. The van der Waals surface area contributed by atoms with E-state index in [9.17, 15) is 0 Å². The molecule has 1 aromatic carbocycles. The highest BCUT2D eigenvalue weighted by Gasteiger charge is 2.08. The molecular formula is C11H11BrN2OS. The molecule has 2 aromatic rings. The highest BCUT2D eigenvalue weighted by molar-refractivity contribution is 9.10. The molecule has 5 heteroatoms. The van der Waals surface area contributed by atoms with Crippen molar-refractivity contribution in [2.45, 2.75) is 23.1 Å². The van der Waals surface area contributed by atoms with Crippen LogP contribution < -0.4 is 5.73 Å². The van der Waals surface area contributed by atoms with Crippen LogP contribution in [0.1, 0.15) is 18.5 Å². The SMILES string of the molecule is C[C@H](N)c1ccc(Sc2ncco2)c(Br)c1. The average molecular weight is 299 g/mol. The summed E-state index contributed by atoms with van der Waals surface area (Å²) in [7, 11) is 0. The largest absolute Gasteiger partial charge is 0.440 e. The van der Waals surface area contributed by atoms with Crippen molar-refractivity contribution in [2.24, 2.45) is 5.73 Å². The summed E-state index contributed by atoms with van der Waals surface area (Å²) in [6.45, 7) is 1.96. The molecule has 84 valence electrons. The van der Waals surface area contributed by atoms with Crippen LogP contribution in [0.3, 0.4) is 0 Å². The summed E-state index contributed by atoms with van der Waals surface area (Å²) in [5.41, 5.74) is 6.91. The summed E-state index contributed by atoms with van der Waals surface area (Å²) >= 11 is 4.99. The second-order valence-electron chi connectivity index (χ2n) is 3.38. The fourth-order valence-corrected chi connectivity index (χ4v) is 2.58. The van der Waals surface area contributed by atoms with Gasteiger partial charge in [0.05, 0.1) is 6.20 Å². The Morgan fingerprint density at radius 2 is 2.31 bits per heavy atom. The van der Waals surface area contributed by atoms with E-state index in [0.717, 1.165) is 14.9 Å². The fraction of sp³-hybridized carbons (Fsp3) is 0.182. The molecule has 0 radical (unpaired) electrons. The number of hydrogen-bond donors (Lipinski definition) is 1. The third kappa shape index (κ3) is 2.66. The maximum Gasteiger partial charge on any atom is 0.260 e. The van der Waals surface area contributed by atoms with E-state index in [1.54, 1.807) is 12.5 Å². The zero-order valence-corrected chi connectivity index (χ0v) is 11.1. The Morgan fingerprint density at radius 1 is 1.50 bits per heavy atom. The molecule has 2 N–H and O–H groups in total. The van der Waals surface area contributed by atoms with E-state index < -0.39 is 0 Å². The zero-order valence-electron chi connectivity index (χ0n) is 8.68. The van der Waals surface area contributed by atoms with Crippen LogP contribution in [-0.4, -0.2) is 4.98 Å². The summed E-state index contributed by atoms with van der Waals surface area (Å²) in [5, 5.41) is 0.634. The van der Waals surface area contributed by atoms with E-state index in [4.69, 9.17) is 10.2 Å². The predicted octanol–water partition coefficient (Wildman–Crippen LogP) is 3.61. The summed E-state index contributed by atoms with van der Waals surface area (Å²) in [5.74, 6) is 0. The highest BCUT2D eigenvalue weighted by Crippen LogP contribution is 2.33. The van der Waals surface area contributed by atoms with Crippen LogP contribution >= 0.6 is 27.7 Å². The van der Waals surface area contributed by atoms with Crippen molar-refractivity contribution in [3.8, 4) is 0 Å². The molecule has 2 rings (SSSR count). The molecule has 0 bridgehead atoms. The molecule has 0 aliphatic carbocycles. The van der Waals surface area contributed by atoms with Crippen molar-refractivity contribution in [3.63, 3.8) is 0 Å². The number of hydrogen-bond acceptors (Lipinski definition) is 4. The number of aromatic nitrogens is 1. The second kappa shape index (κ2) is 5.03. The van der Waals surface area contributed by atoms with Crippen LogP contribution in [0.2, 0.25) is 0 Å². The predicted molar refractivity (Wildman–Crippen MR) is 67.4 cm³/mol. The van der Waals surface area contributed by atoms with Crippen LogP contribution in [0.25, 0.3) is 0 Å². The molecule has 3 nitrogen and oxygen atoms in total. The van der Waals surface area contributed by atoms with Crippen LogP contribution in [0.15, 0.2) is 49.7 Å². The first-order chi connectivity index (χ1) is 7.66. The van der Waals surface area contributed by atoms with E-state index in [1.165, 1.54) is 11.8 Å². The van der Waals surface area contributed by atoms with Gasteiger partial charge in [-0.25, -0.2) is 4.98 Å². The lowest BCUT2D eigenvalue weighted by Gasteiger charge is -2.08.